The Kier molecular flexibility index (Phi) is 2.14. The number of nitrogens with two attached hydrogens (primary N) is 3. The summed E-state index contributed by atoms with van der Waals surface area (Å²) in [5.41, 5.74) is 11.1. The van der Waals surface area contributed by atoms with Crippen molar-refractivity contribution in [3.8, 4) is 0 Å². The number of pyridine rings is 1. The van der Waals surface area contributed by atoms with Gasteiger partial charge in [0.15, 0.2) is 0 Å². The van der Waals surface area contributed by atoms with Crippen LogP contribution in [0.1, 0.15) is 5.56 Å². The molecule has 0 aliphatic carbocycles. The van der Waals surface area contributed by atoms with Gasteiger partial charge in [0, 0.05) is 0 Å². The first-order chi connectivity index (χ1) is 5.82. The number of nitrogens with zero attached hydrogens (tertiary/aromatic N) is 1. The number of aromatic nitrogens is 1. The lowest BCUT2D eigenvalue weighted by atomic mass is 10.3. The van der Waals surface area contributed by atoms with Gasteiger partial charge < -0.3 is 11.5 Å². The zero-order valence-electron chi connectivity index (χ0n) is 6.98. The Morgan fingerprint density at radius 1 is 1.38 bits per heavy atom. The van der Waals surface area contributed by atoms with Crippen molar-refractivity contribution in [2.75, 3.05) is 11.5 Å². The van der Waals surface area contributed by atoms with Crippen molar-refractivity contribution in [2.24, 2.45) is 5.14 Å². The molecule has 72 valence electrons. The highest BCUT2D eigenvalue weighted by atomic mass is 32.2. The maximum atomic E-state index is 11.0. The van der Waals surface area contributed by atoms with E-state index in [1.165, 1.54) is 6.07 Å². The lowest BCUT2D eigenvalue weighted by Gasteiger charge is -2.06. The van der Waals surface area contributed by atoms with Crippen molar-refractivity contribution in [1.29, 1.82) is 0 Å². The standard InChI is InChI=1S/C6H10N4O2S/c1-3-2-4(7)10-6(8)5(3)13(9,11)12/h2H,1H3,(H4,7,8,10)(H2,9,11,12). The lowest BCUT2D eigenvalue weighted by Crippen LogP contribution is -2.17. The molecule has 0 fully saturated rings. The Morgan fingerprint density at radius 3 is 2.31 bits per heavy atom. The van der Waals surface area contributed by atoms with Crippen LogP contribution in [0.15, 0.2) is 11.0 Å². The van der Waals surface area contributed by atoms with Gasteiger partial charge in [-0.1, -0.05) is 0 Å². The highest BCUT2D eigenvalue weighted by Gasteiger charge is 2.16. The highest BCUT2D eigenvalue weighted by molar-refractivity contribution is 7.89. The lowest BCUT2D eigenvalue weighted by molar-refractivity contribution is 0.597. The normalized spacial score (nSPS) is 11.5. The van der Waals surface area contributed by atoms with Gasteiger partial charge in [-0.2, -0.15) is 0 Å². The molecule has 1 aromatic heterocycles. The van der Waals surface area contributed by atoms with Gasteiger partial charge in [0.05, 0.1) is 0 Å². The molecule has 1 heterocycles. The summed E-state index contributed by atoms with van der Waals surface area (Å²) in [5.74, 6) is 0.00222. The molecule has 13 heavy (non-hydrogen) atoms. The molecule has 0 saturated heterocycles. The first-order valence-corrected chi connectivity index (χ1v) is 4.92. The van der Waals surface area contributed by atoms with E-state index in [9.17, 15) is 8.42 Å². The second kappa shape index (κ2) is 2.86. The van der Waals surface area contributed by atoms with Crippen LogP contribution in [0.25, 0.3) is 0 Å². The van der Waals surface area contributed by atoms with Crippen molar-refractivity contribution < 1.29 is 8.42 Å². The van der Waals surface area contributed by atoms with E-state index in [-0.39, 0.29) is 16.5 Å². The summed E-state index contributed by atoms with van der Waals surface area (Å²) >= 11 is 0. The molecule has 0 amide bonds. The van der Waals surface area contributed by atoms with E-state index in [2.05, 4.69) is 4.98 Å². The fourth-order valence-corrected chi connectivity index (χ4v) is 1.93. The number of hydrogen-bond acceptors (Lipinski definition) is 5. The SMILES string of the molecule is Cc1cc(N)nc(N)c1S(N)(=O)=O. The van der Waals surface area contributed by atoms with Crippen molar-refractivity contribution in [1.82, 2.24) is 4.98 Å². The predicted molar refractivity (Wildman–Crippen MR) is 49.2 cm³/mol. The van der Waals surface area contributed by atoms with Crippen LogP contribution in [-0.4, -0.2) is 13.4 Å². The Labute approximate surface area is 75.8 Å². The van der Waals surface area contributed by atoms with E-state index < -0.39 is 10.0 Å². The molecule has 0 spiro atoms. The fourth-order valence-electron chi connectivity index (χ4n) is 1.08. The molecule has 0 saturated carbocycles. The van der Waals surface area contributed by atoms with E-state index in [1.54, 1.807) is 6.92 Å². The Hall–Kier alpha value is -1.34. The molecule has 1 aromatic rings. The van der Waals surface area contributed by atoms with Crippen molar-refractivity contribution in [3.05, 3.63) is 11.6 Å². The first kappa shape index (κ1) is 9.75. The number of hydrogen-bond donors (Lipinski definition) is 3. The van der Waals surface area contributed by atoms with Crippen LogP contribution in [0.2, 0.25) is 0 Å². The monoisotopic (exact) mass is 202 g/mol. The summed E-state index contributed by atoms with van der Waals surface area (Å²) in [4.78, 5) is 3.43. The van der Waals surface area contributed by atoms with E-state index in [1.807, 2.05) is 0 Å². The molecule has 1 rings (SSSR count). The highest BCUT2D eigenvalue weighted by Crippen LogP contribution is 2.20. The third-order valence-electron chi connectivity index (χ3n) is 1.49. The number of rotatable bonds is 1. The minimum atomic E-state index is -3.82. The van der Waals surface area contributed by atoms with Crippen molar-refractivity contribution in [3.63, 3.8) is 0 Å². The average molecular weight is 202 g/mol. The van der Waals surface area contributed by atoms with E-state index >= 15 is 0 Å². The Bertz CT molecular complexity index is 417. The third kappa shape index (κ3) is 1.87. The van der Waals surface area contributed by atoms with Gasteiger partial charge in [-0.25, -0.2) is 18.5 Å². The second-order valence-corrected chi connectivity index (χ2v) is 4.12. The third-order valence-corrected chi connectivity index (χ3v) is 2.59. The number of sulfonamides is 1. The maximum absolute atomic E-state index is 11.0. The summed E-state index contributed by atoms with van der Waals surface area (Å²) in [6, 6.07) is 1.40. The summed E-state index contributed by atoms with van der Waals surface area (Å²) < 4.78 is 22.0. The Morgan fingerprint density at radius 2 is 1.92 bits per heavy atom. The summed E-state index contributed by atoms with van der Waals surface area (Å²) in [6.07, 6.45) is 0. The number of primary sulfonamides is 1. The zero-order valence-corrected chi connectivity index (χ0v) is 7.80. The number of anilines is 2. The largest absolute Gasteiger partial charge is 0.384 e. The van der Waals surface area contributed by atoms with Crippen molar-refractivity contribution in [2.45, 2.75) is 11.8 Å². The second-order valence-electron chi connectivity index (χ2n) is 2.62. The van der Waals surface area contributed by atoms with Crippen molar-refractivity contribution >= 4 is 21.7 Å². The van der Waals surface area contributed by atoms with Gasteiger partial charge in [-0.3, -0.25) is 0 Å². The van der Waals surface area contributed by atoms with Crippen LogP contribution in [-0.2, 0) is 10.0 Å². The molecule has 6 nitrogen and oxygen atoms in total. The smallest absolute Gasteiger partial charge is 0.241 e. The van der Waals surface area contributed by atoms with Gasteiger partial charge in [0.1, 0.15) is 16.5 Å². The summed E-state index contributed by atoms with van der Waals surface area (Å²) in [6.45, 7) is 1.55. The van der Waals surface area contributed by atoms with Crippen LogP contribution in [0.5, 0.6) is 0 Å². The topological polar surface area (TPSA) is 125 Å². The zero-order chi connectivity index (χ0) is 10.2. The van der Waals surface area contributed by atoms with Crippen LogP contribution >= 0.6 is 0 Å². The van der Waals surface area contributed by atoms with Crippen LogP contribution in [0, 0.1) is 6.92 Å². The molecule has 0 aliphatic heterocycles. The van der Waals surface area contributed by atoms with Gasteiger partial charge >= 0.3 is 0 Å². The van der Waals surface area contributed by atoms with E-state index in [4.69, 9.17) is 16.6 Å². The van der Waals surface area contributed by atoms with Gasteiger partial charge in [-0.15, -0.1) is 0 Å². The molecule has 7 heteroatoms. The molecular weight excluding hydrogens is 192 g/mol. The van der Waals surface area contributed by atoms with Gasteiger partial charge in [0.25, 0.3) is 0 Å². The van der Waals surface area contributed by atoms with Gasteiger partial charge in [0.2, 0.25) is 10.0 Å². The number of nitrogen functional groups attached to an aromatic ring is 2. The quantitative estimate of drug-likeness (QED) is 0.549. The Balaban J connectivity index is 3.57. The minimum absolute atomic E-state index is 0.165. The van der Waals surface area contributed by atoms with Gasteiger partial charge in [-0.05, 0) is 18.6 Å². The molecule has 0 bridgehead atoms. The molecule has 6 N–H and O–H groups in total. The first-order valence-electron chi connectivity index (χ1n) is 3.38. The molecule has 0 radical (unpaired) electrons. The fraction of sp³-hybridized carbons (Fsp3) is 0.167. The minimum Gasteiger partial charge on any atom is -0.384 e. The van der Waals surface area contributed by atoms with Crippen LogP contribution in [0.3, 0.4) is 0 Å². The summed E-state index contributed by atoms with van der Waals surface area (Å²) in [5, 5.41) is 4.92. The molecule has 0 aliphatic rings. The van der Waals surface area contributed by atoms with Crippen LogP contribution in [0.4, 0.5) is 11.6 Å². The number of aryl methyl sites for hydroxylation is 1. The molecule has 0 atom stereocenters. The van der Waals surface area contributed by atoms with E-state index in [0.717, 1.165) is 0 Å². The average Bonchev–Trinajstić information content (AvgIpc) is 1.78. The maximum Gasteiger partial charge on any atom is 0.241 e. The van der Waals surface area contributed by atoms with E-state index in [0.29, 0.717) is 5.56 Å². The molecular formula is C6H10N4O2S. The summed E-state index contributed by atoms with van der Waals surface area (Å²) in [7, 11) is -3.82. The molecule has 0 unspecified atom stereocenters. The predicted octanol–water partition coefficient (Wildman–Crippen LogP) is -0.798. The van der Waals surface area contributed by atoms with Crippen LogP contribution < -0.4 is 16.6 Å². The molecule has 0 aromatic carbocycles.